The molecule has 1 aromatic rings. The predicted molar refractivity (Wildman–Crippen MR) is 78.8 cm³/mol. The first-order valence-electron chi connectivity index (χ1n) is 7.52. The van der Waals surface area contributed by atoms with Crippen molar-refractivity contribution in [3.8, 4) is 0 Å². The van der Waals surface area contributed by atoms with Crippen LogP contribution in [-0.2, 0) is 6.42 Å². The van der Waals surface area contributed by atoms with Gasteiger partial charge in [0.25, 0.3) is 0 Å². The molecule has 1 atom stereocenters. The summed E-state index contributed by atoms with van der Waals surface area (Å²) in [5.41, 5.74) is 3.43. The molecule has 0 aliphatic heterocycles. The molecule has 1 N–H and O–H groups in total. The highest BCUT2D eigenvalue weighted by atomic mass is 14.9. The first-order valence-corrected chi connectivity index (χ1v) is 7.52. The third-order valence-corrected chi connectivity index (χ3v) is 4.90. The first kappa shape index (κ1) is 13.6. The van der Waals surface area contributed by atoms with Gasteiger partial charge in [-0.1, -0.05) is 51.0 Å². The minimum Gasteiger partial charge on any atom is -0.313 e. The Balaban J connectivity index is 2.31. The lowest BCUT2D eigenvalue weighted by Gasteiger charge is -2.37. The van der Waals surface area contributed by atoms with E-state index in [4.69, 9.17) is 0 Å². The fraction of sp³-hybridized carbons (Fsp3) is 0.647. The minimum absolute atomic E-state index is 0.487. The van der Waals surface area contributed by atoms with E-state index in [9.17, 15) is 0 Å². The fourth-order valence-electron chi connectivity index (χ4n) is 3.74. The fourth-order valence-corrected chi connectivity index (χ4v) is 3.74. The molecule has 1 nitrogen and oxygen atoms in total. The summed E-state index contributed by atoms with van der Waals surface area (Å²) in [6.07, 6.45) is 7.98. The van der Waals surface area contributed by atoms with Crippen LogP contribution in [0.15, 0.2) is 24.3 Å². The van der Waals surface area contributed by atoms with Crippen LogP contribution in [0.3, 0.4) is 0 Å². The largest absolute Gasteiger partial charge is 0.313 e. The van der Waals surface area contributed by atoms with Crippen LogP contribution in [-0.4, -0.2) is 7.05 Å². The van der Waals surface area contributed by atoms with Crippen LogP contribution in [0.4, 0.5) is 0 Å². The van der Waals surface area contributed by atoms with Gasteiger partial charge in [-0.05, 0) is 49.3 Å². The van der Waals surface area contributed by atoms with Crippen LogP contribution in [0.2, 0.25) is 0 Å². The first-order chi connectivity index (χ1) is 8.75. The van der Waals surface area contributed by atoms with E-state index >= 15 is 0 Å². The van der Waals surface area contributed by atoms with Crippen LogP contribution in [0.25, 0.3) is 0 Å². The van der Waals surface area contributed by atoms with Crippen molar-refractivity contribution in [1.29, 1.82) is 0 Å². The molecule has 0 heterocycles. The maximum atomic E-state index is 3.60. The third kappa shape index (κ3) is 2.47. The number of hydrogen-bond acceptors (Lipinski definition) is 1. The summed E-state index contributed by atoms with van der Waals surface area (Å²) in [5.74, 6) is 0. The molecule has 1 saturated carbocycles. The van der Waals surface area contributed by atoms with Crippen LogP contribution in [0, 0.1) is 5.41 Å². The number of hydrogen-bond donors (Lipinski definition) is 1. The second kappa shape index (κ2) is 5.88. The molecule has 1 aliphatic rings. The summed E-state index contributed by atoms with van der Waals surface area (Å²) >= 11 is 0. The van der Waals surface area contributed by atoms with Crippen LogP contribution in [0.5, 0.6) is 0 Å². The van der Waals surface area contributed by atoms with Crippen LogP contribution in [0.1, 0.15) is 63.1 Å². The van der Waals surface area contributed by atoms with Crippen molar-refractivity contribution in [2.45, 2.75) is 58.4 Å². The Labute approximate surface area is 112 Å². The van der Waals surface area contributed by atoms with E-state index < -0.39 is 0 Å². The molecule has 0 saturated heterocycles. The molecule has 2 rings (SSSR count). The molecule has 0 radical (unpaired) electrons. The van der Waals surface area contributed by atoms with Gasteiger partial charge < -0.3 is 5.32 Å². The van der Waals surface area contributed by atoms with Gasteiger partial charge in [0.1, 0.15) is 0 Å². The zero-order valence-electron chi connectivity index (χ0n) is 12.1. The standard InChI is InChI=1S/C17H27N/c1-4-14-9-8-10-15(13-14)16(18-3)17(5-2)11-6-7-12-17/h8-10,13,16,18H,4-7,11-12H2,1-3H3. The second-order valence-electron chi connectivity index (χ2n) is 5.74. The topological polar surface area (TPSA) is 12.0 Å². The molecule has 1 fully saturated rings. The van der Waals surface area contributed by atoms with E-state index in [0.29, 0.717) is 11.5 Å². The van der Waals surface area contributed by atoms with Crippen molar-refractivity contribution in [3.63, 3.8) is 0 Å². The summed E-state index contributed by atoms with van der Waals surface area (Å²) < 4.78 is 0. The van der Waals surface area contributed by atoms with Gasteiger partial charge in [0.05, 0.1) is 0 Å². The monoisotopic (exact) mass is 245 g/mol. The molecule has 1 heteroatoms. The number of rotatable bonds is 5. The van der Waals surface area contributed by atoms with E-state index in [1.54, 1.807) is 0 Å². The van der Waals surface area contributed by atoms with Gasteiger partial charge in [0.2, 0.25) is 0 Å². The average molecular weight is 245 g/mol. The molecule has 18 heavy (non-hydrogen) atoms. The van der Waals surface area contributed by atoms with E-state index in [1.807, 2.05) is 0 Å². The smallest absolute Gasteiger partial charge is 0.0374 e. The van der Waals surface area contributed by atoms with Crippen LogP contribution >= 0.6 is 0 Å². The van der Waals surface area contributed by atoms with Gasteiger partial charge in [-0.3, -0.25) is 0 Å². The van der Waals surface area contributed by atoms with Crippen molar-refractivity contribution in [2.75, 3.05) is 7.05 Å². The maximum absolute atomic E-state index is 3.60. The van der Waals surface area contributed by atoms with Gasteiger partial charge in [-0.15, -0.1) is 0 Å². The quantitative estimate of drug-likeness (QED) is 0.806. The molecule has 0 amide bonds. The second-order valence-corrected chi connectivity index (χ2v) is 5.74. The summed E-state index contributed by atoms with van der Waals surface area (Å²) in [6, 6.07) is 9.68. The number of nitrogens with one attached hydrogen (secondary N) is 1. The SMILES string of the molecule is CCc1cccc(C(NC)C2(CC)CCCC2)c1. The molecule has 1 aliphatic carbocycles. The Morgan fingerprint density at radius 1 is 1.22 bits per heavy atom. The van der Waals surface area contributed by atoms with Gasteiger partial charge in [0.15, 0.2) is 0 Å². The van der Waals surface area contributed by atoms with Crippen LogP contribution < -0.4 is 5.32 Å². The normalized spacial score (nSPS) is 19.9. The third-order valence-electron chi connectivity index (χ3n) is 4.90. The lowest BCUT2D eigenvalue weighted by atomic mass is 9.73. The Morgan fingerprint density at radius 3 is 2.50 bits per heavy atom. The molecule has 0 spiro atoms. The van der Waals surface area contributed by atoms with E-state index in [0.717, 1.165) is 6.42 Å². The Bertz CT molecular complexity index is 377. The molecule has 1 aromatic carbocycles. The highest BCUT2D eigenvalue weighted by Crippen LogP contribution is 2.49. The molecule has 100 valence electrons. The van der Waals surface area contributed by atoms with Crippen molar-refractivity contribution in [3.05, 3.63) is 35.4 Å². The molecular weight excluding hydrogens is 218 g/mol. The summed E-state index contributed by atoms with van der Waals surface area (Å²) in [7, 11) is 2.12. The minimum atomic E-state index is 0.487. The Kier molecular flexibility index (Phi) is 4.45. The number of aryl methyl sites for hydroxylation is 1. The van der Waals surface area contributed by atoms with E-state index in [2.05, 4.69) is 50.5 Å². The zero-order chi connectivity index (χ0) is 13.0. The average Bonchev–Trinajstić information content (AvgIpc) is 2.90. The molecule has 0 bridgehead atoms. The summed E-state index contributed by atoms with van der Waals surface area (Å²) in [4.78, 5) is 0. The highest BCUT2D eigenvalue weighted by Gasteiger charge is 2.39. The summed E-state index contributed by atoms with van der Waals surface area (Å²) in [5, 5.41) is 3.60. The van der Waals surface area contributed by atoms with Gasteiger partial charge >= 0.3 is 0 Å². The predicted octanol–water partition coefficient (Wildman–Crippen LogP) is 4.48. The lowest BCUT2D eigenvalue weighted by molar-refractivity contribution is 0.195. The zero-order valence-corrected chi connectivity index (χ0v) is 12.1. The summed E-state index contributed by atoms with van der Waals surface area (Å²) in [6.45, 7) is 4.60. The van der Waals surface area contributed by atoms with Gasteiger partial charge in [0, 0.05) is 6.04 Å². The maximum Gasteiger partial charge on any atom is 0.0374 e. The van der Waals surface area contributed by atoms with E-state index in [1.165, 1.54) is 43.2 Å². The highest BCUT2D eigenvalue weighted by molar-refractivity contribution is 5.28. The van der Waals surface area contributed by atoms with Crippen molar-refractivity contribution >= 4 is 0 Å². The Hall–Kier alpha value is -0.820. The van der Waals surface area contributed by atoms with Crippen molar-refractivity contribution in [1.82, 2.24) is 5.32 Å². The van der Waals surface area contributed by atoms with E-state index in [-0.39, 0.29) is 0 Å². The van der Waals surface area contributed by atoms with Crippen molar-refractivity contribution < 1.29 is 0 Å². The number of benzene rings is 1. The van der Waals surface area contributed by atoms with Gasteiger partial charge in [-0.2, -0.15) is 0 Å². The lowest BCUT2D eigenvalue weighted by Crippen LogP contribution is -2.34. The Morgan fingerprint density at radius 2 is 1.94 bits per heavy atom. The molecule has 0 aromatic heterocycles. The molecule has 1 unspecified atom stereocenters. The van der Waals surface area contributed by atoms with Gasteiger partial charge in [-0.25, -0.2) is 0 Å². The van der Waals surface area contributed by atoms with Crippen molar-refractivity contribution in [2.24, 2.45) is 5.41 Å². The molecular formula is C17H27N.